The van der Waals surface area contributed by atoms with Crippen LogP contribution in [0.25, 0.3) is 0 Å². The number of hydrogen-bond donors (Lipinski definition) is 1. The maximum absolute atomic E-state index is 13.0. The fourth-order valence-electron chi connectivity index (χ4n) is 13.4. The SMILES string of the molecule is CCCCCC=CCC=CCCCCCCCCO[C@H]1CC[C@@]2(C)C(CC[C@]3(C)[C@@H]2CC=C2[C@@H]4[C@@H](C)[C@H](C)CC[C@]4(C(=O)O)CC[C@]23C)C1(C)C. The first kappa shape index (κ1) is 40.8. The molecule has 0 bridgehead atoms. The molecule has 0 aliphatic heterocycles. The minimum absolute atomic E-state index is 0.0951. The number of fused-ring (bicyclic) bond motifs is 7. The Hall–Kier alpha value is -1.35. The Morgan fingerprint density at radius 3 is 2.14 bits per heavy atom. The normalized spacial score (nSPS) is 40.4. The maximum Gasteiger partial charge on any atom is 0.310 e. The number of aliphatic carboxylic acids is 1. The van der Waals surface area contributed by atoms with Crippen LogP contribution in [0.5, 0.6) is 0 Å². The number of rotatable bonds is 17. The molecule has 0 amide bonds. The van der Waals surface area contributed by atoms with Gasteiger partial charge in [0.1, 0.15) is 0 Å². The molecular weight excluding hydrogens is 625 g/mol. The predicted molar refractivity (Wildman–Crippen MR) is 216 cm³/mol. The number of unbranched alkanes of at least 4 members (excludes halogenated alkanes) is 9. The van der Waals surface area contributed by atoms with Crippen LogP contribution >= 0.6 is 0 Å². The number of allylic oxidation sites excluding steroid dienone is 6. The summed E-state index contributed by atoms with van der Waals surface area (Å²) in [6, 6.07) is 0. The van der Waals surface area contributed by atoms with E-state index in [1.54, 1.807) is 5.57 Å². The van der Waals surface area contributed by atoms with Gasteiger partial charge < -0.3 is 9.84 Å². The molecule has 0 aromatic carbocycles. The van der Waals surface area contributed by atoms with Gasteiger partial charge in [0.15, 0.2) is 0 Å². The molecule has 4 saturated carbocycles. The van der Waals surface area contributed by atoms with Gasteiger partial charge in [-0.2, -0.15) is 0 Å². The Bertz CT molecular complexity index is 1240. The molecule has 0 saturated heterocycles. The van der Waals surface area contributed by atoms with Gasteiger partial charge in [0, 0.05) is 6.61 Å². The van der Waals surface area contributed by atoms with Crippen molar-refractivity contribution >= 4 is 5.97 Å². The maximum atomic E-state index is 13.0. The molecule has 290 valence electrons. The summed E-state index contributed by atoms with van der Waals surface area (Å²) in [6.45, 7) is 20.9. The average Bonchev–Trinajstić information content (AvgIpc) is 3.08. The fourth-order valence-corrected chi connectivity index (χ4v) is 13.4. The van der Waals surface area contributed by atoms with E-state index in [1.807, 2.05) is 0 Å². The lowest BCUT2D eigenvalue weighted by atomic mass is 9.33. The number of hydrogen-bond acceptors (Lipinski definition) is 2. The van der Waals surface area contributed by atoms with Gasteiger partial charge in [-0.25, -0.2) is 0 Å². The number of carboxylic acids is 1. The lowest BCUT2D eigenvalue weighted by Gasteiger charge is -2.71. The fraction of sp³-hybridized carbons (Fsp3) is 0.854. The first-order valence-corrected chi connectivity index (χ1v) is 22.1. The monoisotopic (exact) mass is 705 g/mol. The van der Waals surface area contributed by atoms with Crippen molar-refractivity contribution in [2.24, 2.45) is 56.7 Å². The molecular formula is C48H80O3. The van der Waals surface area contributed by atoms with Crippen LogP contribution in [0.4, 0.5) is 0 Å². The van der Waals surface area contributed by atoms with Gasteiger partial charge in [-0.15, -0.1) is 0 Å². The summed E-state index contributed by atoms with van der Waals surface area (Å²) in [4.78, 5) is 13.0. The molecule has 0 spiro atoms. The first-order chi connectivity index (χ1) is 24.3. The third-order valence-corrected chi connectivity index (χ3v) is 17.0. The highest BCUT2D eigenvalue weighted by Gasteiger charge is 2.69. The lowest BCUT2D eigenvalue weighted by Crippen LogP contribution is -2.65. The molecule has 3 nitrogen and oxygen atoms in total. The van der Waals surface area contributed by atoms with E-state index < -0.39 is 11.4 Å². The van der Waals surface area contributed by atoms with Crippen LogP contribution in [-0.2, 0) is 9.53 Å². The van der Waals surface area contributed by atoms with Crippen LogP contribution in [0.1, 0.15) is 190 Å². The van der Waals surface area contributed by atoms with Gasteiger partial charge >= 0.3 is 5.97 Å². The Balaban J connectivity index is 1.10. The van der Waals surface area contributed by atoms with Crippen molar-refractivity contribution in [3.8, 4) is 0 Å². The number of carboxylic acid groups (broad SMARTS) is 1. The van der Waals surface area contributed by atoms with E-state index in [4.69, 9.17) is 4.74 Å². The van der Waals surface area contributed by atoms with Gasteiger partial charge in [0.2, 0.25) is 0 Å². The van der Waals surface area contributed by atoms with Gasteiger partial charge in [0.05, 0.1) is 11.5 Å². The van der Waals surface area contributed by atoms with Crippen LogP contribution < -0.4 is 0 Å². The summed E-state index contributed by atoms with van der Waals surface area (Å²) in [5, 5.41) is 10.7. The Kier molecular flexibility index (Phi) is 13.6. The highest BCUT2D eigenvalue weighted by Crippen LogP contribution is 2.75. The summed E-state index contributed by atoms with van der Waals surface area (Å²) >= 11 is 0. The molecule has 0 heterocycles. The minimum atomic E-state index is -0.554. The van der Waals surface area contributed by atoms with Crippen molar-refractivity contribution in [2.45, 2.75) is 196 Å². The molecule has 0 radical (unpaired) electrons. The van der Waals surface area contributed by atoms with Crippen molar-refractivity contribution in [3.63, 3.8) is 0 Å². The average molecular weight is 705 g/mol. The van der Waals surface area contributed by atoms with Crippen molar-refractivity contribution in [1.82, 2.24) is 0 Å². The molecule has 3 heteroatoms. The standard InChI is InChI=1S/C48H80O3/c1-9-10-11-12-13-14-15-16-17-18-19-20-21-22-23-24-35-51-41-29-30-45(6)39(44(41,4)5)28-31-47(8)40(45)26-25-38-42-37(3)36(2)27-32-48(42,43(49)50)34-33-46(38,47)7/h13-14,16-17,25,36-37,39-42H,9-12,15,18-24,26-35H2,1-8H3,(H,49,50)/t36-,37+,39?,40-,41+,42+,45+,46-,47-,48+/m1/s1. The van der Waals surface area contributed by atoms with E-state index in [2.05, 4.69) is 85.8 Å². The topological polar surface area (TPSA) is 46.5 Å². The largest absolute Gasteiger partial charge is 0.481 e. The van der Waals surface area contributed by atoms with Gasteiger partial charge in [0.25, 0.3) is 0 Å². The first-order valence-electron chi connectivity index (χ1n) is 22.1. The van der Waals surface area contributed by atoms with Gasteiger partial charge in [-0.3, -0.25) is 4.79 Å². The lowest BCUT2D eigenvalue weighted by molar-refractivity contribution is -0.213. The van der Waals surface area contributed by atoms with Crippen LogP contribution in [0.2, 0.25) is 0 Å². The molecule has 5 rings (SSSR count). The van der Waals surface area contributed by atoms with Crippen LogP contribution in [0, 0.1) is 56.7 Å². The zero-order valence-corrected chi connectivity index (χ0v) is 34.7. The summed E-state index contributed by atoms with van der Waals surface area (Å²) in [6.07, 6.45) is 37.8. The molecule has 5 aliphatic carbocycles. The zero-order valence-electron chi connectivity index (χ0n) is 34.7. The Morgan fingerprint density at radius 1 is 0.784 bits per heavy atom. The zero-order chi connectivity index (χ0) is 36.9. The number of carbonyl (C=O) groups is 1. The summed E-state index contributed by atoms with van der Waals surface area (Å²) < 4.78 is 6.81. The summed E-state index contributed by atoms with van der Waals surface area (Å²) in [5.41, 5.74) is 1.79. The van der Waals surface area contributed by atoms with Crippen molar-refractivity contribution in [3.05, 3.63) is 36.0 Å². The molecule has 1 N–H and O–H groups in total. The second kappa shape index (κ2) is 17.0. The smallest absolute Gasteiger partial charge is 0.310 e. The van der Waals surface area contributed by atoms with Crippen molar-refractivity contribution < 1.29 is 14.6 Å². The van der Waals surface area contributed by atoms with Crippen LogP contribution in [0.3, 0.4) is 0 Å². The quantitative estimate of drug-likeness (QED) is 0.121. The van der Waals surface area contributed by atoms with Gasteiger partial charge in [-0.05, 0) is 148 Å². The third kappa shape index (κ3) is 7.78. The van der Waals surface area contributed by atoms with E-state index in [9.17, 15) is 9.90 Å². The predicted octanol–water partition coefficient (Wildman–Crippen LogP) is 13.9. The molecule has 0 aromatic heterocycles. The van der Waals surface area contributed by atoms with E-state index in [0.29, 0.717) is 35.2 Å². The third-order valence-electron chi connectivity index (χ3n) is 17.0. The van der Waals surface area contributed by atoms with E-state index in [1.165, 1.54) is 96.3 Å². The summed E-state index contributed by atoms with van der Waals surface area (Å²) in [5.74, 6) is 2.03. The van der Waals surface area contributed by atoms with E-state index >= 15 is 0 Å². The van der Waals surface area contributed by atoms with Crippen LogP contribution in [-0.4, -0.2) is 23.8 Å². The van der Waals surface area contributed by atoms with Crippen molar-refractivity contribution in [1.29, 1.82) is 0 Å². The van der Waals surface area contributed by atoms with E-state index in [-0.39, 0.29) is 22.2 Å². The van der Waals surface area contributed by atoms with Crippen LogP contribution in [0.15, 0.2) is 36.0 Å². The van der Waals surface area contributed by atoms with E-state index in [0.717, 1.165) is 45.1 Å². The van der Waals surface area contributed by atoms with Gasteiger partial charge in [-0.1, -0.05) is 130 Å². The molecule has 0 aromatic rings. The molecule has 10 atom stereocenters. The molecule has 4 fully saturated rings. The highest BCUT2D eigenvalue weighted by atomic mass is 16.5. The summed E-state index contributed by atoms with van der Waals surface area (Å²) in [7, 11) is 0. The highest BCUT2D eigenvalue weighted by molar-refractivity contribution is 5.76. The number of ether oxygens (including phenoxy) is 1. The molecule has 1 unspecified atom stereocenters. The Labute approximate surface area is 315 Å². The second-order valence-electron chi connectivity index (χ2n) is 19.9. The minimum Gasteiger partial charge on any atom is -0.481 e. The molecule has 51 heavy (non-hydrogen) atoms. The Morgan fingerprint density at radius 2 is 1.45 bits per heavy atom. The molecule has 5 aliphatic rings. The van der Waals surface area contributed by atoms with Crippen molar-refractivity contribution in [2.75, 3.05) is 6.61 Å². The second-order valence-corrected chi connectivity index (χ2v) is 19.9.